The summed E-state index contributed by atoms with van der Waals surface area (Å²) in [5.41, 5.74) is 0. The minimum atomic E-state index is -5.43. The summed E-state index contributed by atoms with van der Waals surface area (Å²) >= 11 is 1.43. The van der Waals surface area contributed by atoms with Gasteiger partial charge in [0.15, 0.2) is 0 Å². The van der Waals surface area contributed by atoms with Crippen LogP contribution in [0.15, 0.2) is 0 Å². The highest BCUT2D eigenvalue weighted by molar-refractivity contribution is 7.99. The third-order valence-corrected chi connectivity index (χ3v) is 4.82. The van der Waals surface area contributed by atoms with Crippen LogP contribution in [0.3, 0.4) is 0 Å². The highest BCUT2D eigenvalue weighted by atomic mass is 32.2. The largest absolute Gasteiger partial charge is 0.453 e. The van der Waals surface area contributed by atoms with Gasteiger partial charge in [-0.1, -0.05) is 52.9 Å². The van der Waals surface area contributed by atoms with Crippen molar-refractivity contribution in [3.05, 3.63) is 0 Å². The summed E-state index contributed by atoms with van der Waals surface area (Å²) in [6.07, 6.45) is 0.864. The summed E-state index contributed by atoms with van der Waals surface area (Å²) in [6.45, 7) is 6.09. The normalized spacial score (nSPS) is 13.3. The number of thioether (sulfide) groups is 1. The van der Waals surface area contributed by atoms with Gasteiger partial charge in [0.2, 0.25) is 0 Å². The van der Waals surface area contributed by atoms with Crippen LogP contribution in [0.4, 0.5) is 22.0 Å². The maximum absolute atomic E-state index is 12.6. The molecular formula is C18H35F5OS. The molecule has 1 nitrogen and oxygen atoms in total. The number of halogens is 5. The van der Waals surface area contributed by atoms with Crippen LogP contribution in [-0.4, -0.2) is 34.8 Å². The first-order chi connectivity index (χ1) is 11.7. The second-order valence-corrected chi connectivity index (χ2v) is 7.14. The fourth-order valence-electron chi connectivity index (χ4n) is 2.16. The van der Waals surface area contributed by atoms with Gasteiger partial charge in [0.05, 0.1) is 6.10 Å². The Morgan fingerprint density at radius 3 is 1.88 bits per heavy atom. The molecule has 0 aromatic rings. The number of rotatable bonds is 14. The van der Waals surface area contributed by atoms with Gasteiger partial charge >= 0.3 is 12.1 Å². The van der Waals surface area contributed by atoms with E-state index in [2.05, 4.69) is 6.92 Å². The molecule has 0 bridgehead atoms. The lowest BCUT2D eigenvalue weighted by Gasteiger charge is -2.19. The molecule has 25 heavy (non-hydrogen) atoms. The topological polar surface area (TPSA) is 20.2 Å². The molecule has 154 valence electrons. The van der Waals surface area contributed by atoms with Crippen molar-refractivity contribution in [1.82, 2.24) is 0 Å². The highest BCUT2D eigenvalue weighted by Crippen LogP contribution is 2.39. The molecule has 1 unspecified atom stereocenters. The zero-order valence-corrected chi connectivity index (χ0v) is 16.6. The van der Waals surface area contributed by atoms with Crippen LogP contribution in [0.1, 0.15) is 85.0 Å². The Kier molecular flexibility index (Phi) is 17.6. The van der Waals surface area contributed by atoms with Crippen molar-refractivity contribution in [2.45, 2.75) is 103 Å². The quantitative estimate of drug-likeness (QED) is 0.248. The van der Waals surface area contributed by atoms with Crippen LogP contribution in [0, 0.1) is 0 Å². The molecular weight excluding hydrogens is 359 g/mol. The van der Waals surface area contributed by atoms with Crippen LogP contribution in [0.25, 0.3) is 0 Å². The Labute approximate surface area is 154 Å². The van der Waals surface area contributed by atoms with Crippen LogP contribution < -0.4 is 0 Å². The Bertz CT molecular complexity index is 285. The van der Waals surface area contributed by atoms with Gasteiger partial charge in [-0.2, -0.15) is 33.7 Å². The number of aliphatic hydroxyl groups is 1. The summed E-state index contributed by atoms with van der Waals surface area (Å²) in [5.74, 6) is -3.44. The molecule has 0 saturated carbocycles. The first-order valence-corrected chi connectivity index (χ1v) is 10.6. The molecule has 0 radical (unpaired) electrons. The number of alkyl halides is 5. The minimum absolute atomic E-state index is 0.124. The summed E-state index contributed by atoms with van der Waals surface area (Å²) in [7, 11) is 0. The predicted octanol–water partition coefficient (Wildman–Crippen LogP) is 7.23. The van der Waals surface area contributed by atoms with E-state index in [9.17, 15) is 27.1 Å². The smallest absolute Gasteiger partial charge is 0.393 e. The summed E-state index contributed by atoms with van der Waals surface area (Å²) in [4.78, 5) is 0. The third-order valence-electron chi connectivity index (χ3n) is 3.66. The number of unbranched alkanes of at least 4 members (excludes halogenated alkanes) is 4. The zero-order valence-electron chi connectivity index (χ0n) is 15.8. The molecule has 1 N–H and O–H groups in total. The van der Waals surface area contributed by atoms with Crippen molar-refractivity contribution >= 4 is 11.8 Å². The summed E-state index contributed by atoms with van der Waals surface area (Å²) in [5, 5.41) is 9.66. The van der Waals surface area contributed by atoms with E-state index >= 15 is 0 Å². The van der Waals surface area contributed by atoms with E-state index in [4.69, 9.17) is 0 Å². The molecule has 0 amide bonds. The summed E-state index contributed by atoms with van der Waals surface area (Å²) < 4.78 is 61.1. The maximum Gasteiger partial charge on any atom is 0.453 e. The van der Waals surface area contributed by atoms with Gasteiger partial charge < -0.3 is 5.11 Å². The summed E-state index contributed by atoms with van der Waals surface area (Å²) in [6, 6.07) is 0. The van der Waals surface area contributed by atoms with Gasteiger partial charge in [-0.3, -0.25) is 0 Å². The first-order valence-electron chi connectivity index (χ1n) is 9.41. The number of hydrogen-bond acceptors (Lipinski definition) is 2. The van der Waals surface area contributed by atoms with E-state index in [-0.39, 0.29) is 12.5 Å². The molecule has 0 heterocycles. The van der Waals surface area contributed by atoms with Crippen molar-refractivity contribution in [1.29, 1.82) is 0 Å². The van der Waals surface area contributed by atoms with Crippen LogP contribution in [0.2, 0.25) is 0 Å². The van der Waals surface area contributed by atoms with E-state index in [1.165, 1.54) is 11.8 Å². The lowest BCUT2D eigenvalue weighted by molar-refractivity contribution is -0.284. The fourth-order valence-corrected chi connectivity index (χ4v) is 3.12. The van der Waals surface area contributed by atoms with E-state index in [1.54, 1.807) is 0 Å². The molecule has 0 aromatic heterocycles. The molecule has 0 spiro atoms. The Morgan fingerprint density at radius 1 is 0.800 bits per heavy atom. The molecule has 0 aliphatic rings. The Morgan fingerprint density at radius 2 is 1.32 bits per heavy atom. The molecule has 0 aliphatic heterocycles. The predicted molar refractivity (Wildman–Crippen MR) is 97.5 cm³/mol. The van der Waals surface area contributed by atoms with Gasteiger partial charge in [0.1, 0.15) is 0 Å². The second-order valence-electron chi connectivity index (χ2n) is 5.92. The van der Waals surface area contributed by atoms with Crippen LogP contribution in [0.5, 0.6) is 0 Å². The lowest BCUT2D eigenvalue weighted by Crippen LogP contribution is -2.36. The first kappa shape index (κ1) is 27.2. The van der Waals surface area contributed by atoms with E-state index in [1.807, 2.05) is 13.8 Å². The van der Waals surface area contributed by atoms with Crippen molar-refractivity contribution < 1.29 is 27.1 Å². The van der Waals surface area contributed by atoms with Gasteiger partial charge in [0, 0.05) is 6.42 Å². The van der Waals surface area contributed by atoms with Gasteiger partial charge in [-0.05, 0) is 37.2 Å². The van der Waals surface area contributed by atoms with Gasteiger partial charge in [-0.25, -0.2) is 0 Å². The number of aliphatic hydroxyl groups excluding tert-OH is 1. The van der Waals surface area contributed by atoms with E-state index < -0.39 is 18.5 Å². The zero-order chi connectivity index (χ0) is 19.8. The number of hydrogen-bond donors (Lipinski definition) is 1. The highest BCUT2D eigenvalue weighted by Gasteiger charge is 2.56. The van der Waals surface area contributed by atoms with Crippen LogP contribution >= 0.6 is 11.8 Å². The fraction of sp³-hybridized carbons (Fsp3) is 1.00. The monoisotopic (exact) mass is 394 g/mol. The molecule has 0 aromatic carbocycles. The Balaban J connectivity index is 0. The molecule has 0 aliphatic carbocycles. The van der Waals surface area contributed by atoms with Crippen LogP contribution in [-0.2, 0) is 0 Å². The molecule has 1 atom stereocenters. The van der Waals surface area contributed by atoms with Crippen molar-refractivity contribution in [3.8, 4) is 0 Å². The molecule has 0 fully saturated rings. The SMILES string of the molecule is CC.CCCCC(O)CCCCCCSCCCC(F)(F)C(F)(F)F. The van der Waals surface area contributed by atoms with Crippen molar-refractivity contribution in [2.24, 2.45) is 0 Å². The minimum Gasteiger partial charge on any atom is -0.393 e. The standard InChI is InChI=1S/C16H29F5OS.C2H6/c1-2-3-9-14(22)10-6-4-5-7-12-23-13-8-11-15(17,18)16(19,20)21;1-2/h14,22H,2-13H2,1H3;1-2H3. The van der Waals surface area contributed by atoms with Crippen molar-refractivity contribution in [3.63, 3.8) is 0 Å². The van der Waals surface area contributed by atoms with E-state index in [0.717, 1.165) is 57.1 Å². The van der Waals surface area contributed by atoms with Gasteiger partial charge in [0.25, 0.3) is 0 Å². The average molecular weight is 395 g/mol. The molecule has 0 saturated heterocycles. The third kappa shape index (κ3) is 15.9. The van der Waals surface area contributed by atoms with Crippen molar-refractivity contribution in [2.75, 3.05) is 11.5 Å². The molecule has 7 heteroatoms. The average Bonchev–Trinajstić information content (AvgIpc) is 2.55. The lowest BCUT2D eigenvalue weighted by atomic mass is 10.1. The maximum atomic E-state index is 12.6. The molecule has 0 rings (SSSR count). The second kappa shape index (κ2) is 16.2. The van der Waals surface area contributed by atoms with Gasteiger partial charge in [-0.15, -0.1) is 0 Å². The van der Waals surface area contributed by atoms with E-state index in [0.29, 0.717) is 5.75 Å². The Hall–Kier alpha value is -0.0400.